The molecule has 100 valence electrons. The van der Waals surface area contributed by atoms with Crippen LogP contribution in [0.4, 0.5) is 0 Å². The number of carbonyl (C=O) groups is 1. The first-order valence-electron chi connectivity index (χ1n) is 5.86. The lowest BCUT2D eigenvalue weighted by molar-refractivity contribution is 0.0696. The molecule has 4 nitrogen and oxygen atoms in total. The van der Waals surface area contributed by atoms with E-state index in [9.17, 15) is 4.79 Å². The van der Waals surface area contributed by atoms with Gasteiger partial charge in [-0.05, 0) is 30.7 Å². The van der Waals surface area contributed by atoms with Gasteiger partial charge in [-0.3, -0.25) is 0 Å². The lowest BCUT2D eigenvalue weighted by Crippen LogP contribution is -2.17. The first-order valence-corrected chi connectivity index (χ1v) is 6.65. The molecule has 0 saturated carbocycles. The summed E-state index contributed by atoms with van der Waals surface area (Å²) < 4.78 is 6.22. The summed E-state index contributed by atoms with van der Waals surface area (Å²) in [6, 6.07) is 9.74. The molecule has 2 rings (SSSR count). The van der Waals surface area contributed by atoms with Crippen molar-refractivity contribution in [1.82, 2.24) is 5.32 Å². The number of carboxylic acid groups (broad SMARTS) is 1. The van der Waals surface area contributed by atoms with Gasteiger partial charge in [0.25, 0.3) is 0 Å². The summed E-state index contributed by atoms with van der Waals surface area (Å²) in [5, 5.41) is 12.1. The number of nitrogens with one attached hydrogen (secondary N) is 1. The van der Waals surface area contributed by atoms with Crippen LogP contribution in [0.5, 0.6) is 0 Å². The van der Waals surface area contributed by atoms with Crippen molar-refractivity contribution in [1.29, 1.82) is 0 Å². The lowest BCUT2D eigenvalue weighted by Gasteiger charge is -2.13. The normalized spacial score (nSPS) is 12.3. The third-order valence-electron chi connectivity index (χ3n) is 2.85. The average molecular weight is 324 g/mol. The van der Waals surface area contributed by atoms with Gasteiger partial charge >= 0.3 is 5.97 Å². The summed E-state index contributed by atoms with van der Waals surface area (Å²) in [6.07, 6.45) is 1.25. The quantitative estimate of drug-likeness (QED) is 0.882. The smallest absolute Gasteiger partial charge is 0.338 e. The average Bonchev–Trinajstić information content (AvgIpc) is 2.86. The maximum atomic E-state index is 10.7. The van der Waals surface area contributed by atoms with Crippen molar-refractivity contribution in [3.05, 3.63) is 58.0 Å². The van der Waals surface area contributed by atoms with Gasteiger partial charge in [0.05, 0.1) is 12.1 Å². The Labute approximate surface area is 119 Å². The third kappa shape index (κ3) is 3.68. The van der Waals surface area contributed by atoms with Crippen molar-refractivity contribution in [2.75, 3.05) is 0 Å². The second-order valence-corrected chi connectivity index (χ2v) is 5.18. The standard InChI is InChI=1S/C14H14BrNO3/c1-9(10-2-4-12(15)5-3-10)16-7-13-6-11(8-19-13)14(17)18/h2-6,8-9,16H,7H2,1H3,(H,17,18)/t9-/m0/s1. The van der Waals surface area contributed by atoms with E-state index in [1.165, 1.54) is 12.3 Å². The van der Waals surface area contributed by atoms with Crippen LogP contribution in [0, 0.1) is 0 Å². The third-order valence-corrected chi connectivity index (χ3v) is 3.38. The topological polar surface area (TPSA) is 62.5 Å². The van der Waals surface area contributed by atoms with E-state index >= 15 is 0 Å². The van der Waals surface area contributed by atoms with Gasteiger partial charge in [-0.15, -0.1) is 0 Å². The maximum absolute atomic E-state index is 10.7. The molecule has 0 aliphatic heterocycles. The van der Waals surface area contributed by atoms with E-state index in [2.05, 4.69) is 21.2 Å². The molecular formula is C14H14BrNO3. The van der Waals surface area contributed by atoms with Gasteiger partial charge in [0.2, 0.25) is 0 Å². The van der Waals surface area contributed by atoms with Gasteiger partial charge in [0, 0.05) is 10.5 Å². The number of aromatic carboxylic acids is 1. The summed E-state index contributed by atoms with van der Waals surface area (Å²) >= 11 is 3.40. The van der Waals surface area contributed by atoms with Crippen molar-refractivity contribution in [2.45, 2.75) is 19.5 Å². The molecule has 0 amide bonds. The molecule has 2 aromatic rings. The van der Waals surface area contributed by atoms with Crippen LogP contribution in [0.2, 0.25) is 0 Å². The van der Waals surface area contributed by atoms with E-state index in [1.807, 2.05) is 31.2 Å². The highest BCUT2D eigenvalue weighted by atomic mass is 79.9. The molecule has 1 heterocycles. The summed E-state index contributed by atoms with van der Waals surface area (Å²) in [5.41, 5.74) is 1.33. The Morgan fingerprint density at radius 3 is 2.68 bits per heavy atom. The fourth-order valence-corrected chi connectivity index (χ4v) is 1.97. The minimum Gasteiger partial charge on any atom is -0.478 e. The summed E-state index contributed by atoms with van der Waals surface area (Å²) in [5.74, 6) is -0.364. The van der Waals surface area contributed by atoms with E-state index in [1.54, 1.807) is 0 Å². The summed E-state index contributed by atoms with van der Waals surface area (Å²) in [4.78, 5) is 10.7. The van der Waals surface area contributed by atoms with Gasteiger partial charge in [-0.25, -0.2) is 4.79 Å². The number of hydrogen-bond acceptors (Lipinski definition) is 3. The monoisotopic (exact) mass is 323 g/mol. The van der Waals surface area contributed by atoms with E-state index in [0.29, 0.717) is 12.3 Å². The highest BCUT2D eigenvalue weighted by Crippen LogP contribution is 2.17. The Kier molecular flexibility index (Phi) is 4.39. The second-order valence-electron chi connectivity index (χ2n) is 4.26. The highest BCUT2D eigenvalue weighted by molar-refractivity contribution is 9.10. The van der Waals surface area contributed by atoms with Gasteiger partial charge in [-0.2, -0.15) is 0 Å². The molecule has 0 spiro atoms. The van der Waals surface area contributed by atoms with Gasteiger partial charge in [0.1, 0.15) is 12.0 Å². The predicted octanol–water partition coefficient (Wildman–Crippen LogP) is 3.59. The molecule has 1 aromatic heterocycles. The van der Waals surface area contributed by atoms with E-state index in [4.69, 9.17) is 9.52 Å². The van der Waals surface area contributed by atoms with Crippen LogP contribution in [-0.2, 0) is 6.54 Å². The lowest BCUT2D eigenvalue weighted by atomic mass is 10.1. The minimum atomic E-state index is -0.976. The highest BCUT2D eigenvalue weighted by Gasteiger charge is 2.10. The number of benzene rings is 1. The van der Waals surface area contributed by atoms with Gasteiger partial charge in [0.15, 0.2) is 0 Å². The van der Waals surface area contributed by atoms with Crippen LogP contribution in [0.15, 0.2) is 45.5 Å². The molecule has 0 bridgehead atoms. The predicted molar refractivity (Wildman–Crippen MR) is 75.1 cm³/mol. The Bertz CT molecular complexity index is 562. The van der Waals surface area contributed by atoms with Crippen LogP contribution in [0.3, 0.4) is 0 Å². The molecule has 0 aliphatic carbocycles. The molecule has 0 fully saturated rings. The first-order chi connectivity index (χ1) is 9.06. The molecule has 0 unspecified atom stereocenters. The first kappa shape index (κ1) is 13.8. The van der Waals surface area contributed by atoms with Crippen molar-refractivity contribution in [3.63, 3.8) is 0 Å². The molecule has 2 N–H and O–H groups in total. The molecule has 0 aliphatic rings. The fraction of sp³-hybridized carbons (Fsp3) is 0.214. The van der Waals surface area contributed by atoms with E-state index < -0.39 is 5.97 Å². The number of carboxylic acids is 1. The van der Waals surface area contributed by atoms with Crippen molar-refractivity contribution in [2.24, 2.45) is 0 Å². The molecule has 5 heteroatoms. The van der Waals surface area contributed by atoms with Gasteiger partial charge in [-0.1, -0.05) is 28.1 Å². The van der Waals surface area contributed by atoms with E-state index in [0.717, 1.165) is 10.0 Å². The molecule has 1 atom stereocenters. The van der Waals surface area contributed by atoms with E-state index in [-0.39, 0.29) is 11.6 Å². The van der Waals surface area contributed by atoms with Crippen LogP contribution in [0.1, 0.15) is 34.6 Å². The minimum absolute atomic E-state index is 0.159. The fourth-order valence-electron chi connectivity index (χ4n) is 1.71. The largest absolute Gasteiger partial charge is 0.478 e. The molecule has 0 radical (unpaired) electrons. The van der Waals surface area contributed by atoms with Crippen LogP contribution in [0.25, 0.3) is 0 Å². The number of halogens is 1. The molecule has 19 heavy (non-hydrogen) atoms. The van der Waals surface area contributed by atoms with Crippen LogP contribution >= 0.6 is 15.9 Å². The SMILES string of the molecule is C[C@H](NCc1cc(C(=O)O)co1)c1ccc(Br)cc1. The van der Waals surface area contributed by atoms with Gasteiger partial charge < -0.3 is 14.8 Å². The Morgan fingerprint density at radius 2 is 2.11 bits per heavy atom. The Morgan fingerprint density at radius 1 is 1.42 bits per heavy atom. The van der Waals surface area contributed by atoms with Crippen molar-refractivity contribution < 1.29 is 14.3 Å². The zero-order chi connectivity index (χ0) is 13.8. The molecular weight excluding hydrogens is 310 g/mol. The van der Waals surface area contributed by atoms with Crippen LogP contribution in [-0.4, -0.2) is 11.1 Å². The maximum Gasteiger partial charge on any atom is 0.338 e. The summed E-state index contributed by atoms with van der Waals surface area (Å²) in [6.45, 7) is 2.54. The molecule has 0 saturated heterocycles. The number of rotatable bonds is 5. The summed E-state index contributed by atoms with van der Waals surface area (Å²) in [7, 11) is 0. The van der Waals surface area contributed by atoms with Crippen molar-refractivity contribution in [3.8, 4) is 0 Å². The Balaban J connectivity index is 1.94. The van der Waals surface area contributed by atoms with Crippen LogP contribution < -0.4 is 5.32 Å². The molecule has 1 aromatic carbocycles. The Hall–Kier alpha value is -1.59. The number of hydrogen-bond donors (Lipinski definition) is 2. The zero-order valence-electron chi connectivity index (χ0n) is 10.4. The van der Waals surface area contributed by atoms with Crippen molar-refractivity contribution >= 4 is 21.9 Å². The number of furan rings is 1. The zero-order valence-corrected chi connectivity index (χ0v) is 12.0. The second kappa shape index (κ2) is 6.04.